The first-order chi connectivity index (χ1) is 11.7. The molecule has 3 heterocycles. The number of hydrogen-bond acceptors (Lipinski definition) is 6. The molecule has 0 aliphatic rings. The summed E-state index contributed by atoms with van der Waals surface area (Å²) in [6, 6.07) is 6.10. The maximum atomic E-state index is 4.25. The first kappa shape index (κ1) is 15.9. The Hall–Kier alpha value is -3.02. The van der Waals surface area contributed by atoms with Gasteiger partial charge in [-0.05, 0) is 36.1 Å². The predicted molar refractivity (Wildman–Crippen MR) is 94.6 cm³/mol. The molecule has 0 saturated carbocycles. The highest BCUT2D eigenvalue weighted by molar-refractivity contribution is 5.47. The van der Waals surface area contributed by atoms with Gasteiger partial charge in [0, 0.05) is 43.9 Å². The summed E-state index contributed by atoms with van der Waals surface area (Å²) in [5.74, 6) is 1.55. The fourth-order valence-corrected chi connectivity index (χ4v) is 2.36. The molecule has 0 aliphatic carbocycles. The summed E-state index contributed by atoms with van der Waals surface area (Å²) in [4.78, 5) is 16.9. The molecular weight excluding hydrogens is 300 g/mol. The molecule has 0 atom stereocenters. The van der Waals surface area contributed by atoms with Gasteiger partial charge >= 0.3 is 0 Å². The molecular formula is C18H20N6. The molecule has 0 bridgehead atoms. The molecule has 0 aromatic carbocycles. The second kappa shape index (κ2) is 7.50. The molecule has 0 spiro atoms. The van der Waals surface area contributed by atoms with Crippen molar-refractivity contribution in [3.05, 3.63) is 71.6 Å². The molecule has 24 heavy (non-hydrogen) atoms. The molecule has 0 saturated heterocycles. The van der Waals surface area contributed by atoms with Gasteiger partial charge in [-0.15, -0.1) is 0 Å². The van der Waals surface area contributed by atoms with E-state index in [0.717, 1.165) is 33.9 Å². The third-order valence-electron chi connectivity index (χ3n) is 3.48. The van der Waals surface area contributed by atoms with E-state index in [9.17, 15) is 0 Å². The Morgan fingerprint density at radius 2 is 1.21 bits per heavy atom. The standard InChI is InChI=1S/C18H20N6/c1-13-3-15(8-19-6-13)10-21-17-5-18(24-12-23-17)22-11-16-4-14(2)7-20-9-16/h3-9,12H,10-11H2,1-2H3,(H2,21,22,23,24). The van der Waals surface area contributed by atoms with Crippen molar-refractivity contribution in [2.24, 2.45) is 0 Å². The largest absolute Gasteiger partial charge is 0.366 e. The lowest BCUT2D eigenvalue weighted by atomic mass is 10.2. The molecule has 122 valence electrons. The second-order valence-corrected chi connectivity index (χ2v) is 5.74. The summed E-state index contributed by atoms with van der Waals surface area (Å²) in [7, 11) is 0. The molecule has 6 nitrogen and oxygen atoms in total. The number of hydrogen-bond donors (Lipinski definition) is 2. The molecule has 0 amide bonds. The van der Waals surface area contributed by atoms with Crippen molar-refractivity contribution in [3.63, 3.8) is 0 Å². The normalized spacial score (nSPS) is 10.4. The molecule has 0 aliphatic heterocycles. The lowest BCUT2D eigenvalue weighted by molar-refractivity contribution is 1.04. The Morgan fingerprint density at radius 3 is 1.67 bits per heavy atom. The maximum absolute atomic E-state index is 4.25. The Labute approximate surface area is 141 Å². The third-order valence-corrected chi connectivity index (χ3v) is 3.48. The molecule has 3 aromatic heterocycles. The van der Waals surface area contributed by atoms with Gasteiger partial charge in [-0.1, -0.05) is 12.1 Å². The van der Waals surface area contributed by atoms with Crippen LogP contribution in [-0.2, 0) is 13.1 Å². The van der Waals surface area contributed by atoms with E-state index in [-0.39, 0.29) is 0 Å². The van der Waals surface area contributed by atoms with Gasteiger partial charge in [-0.3, -0.25) is 9.97 Å². The average molecular weight is 320 g/mol. The highest BCUT2D eigenvalue weighted by Crippen LogP contribution is 2.12. The zero-order valence-electron chi connectivity index (χ0n) is 13.8. The molecule has 0 fully saturated rings. The number of aryl methyl sites for hydroxylation is 2. The van der Waals surface area contributed by atoms with Gasteiger partial charge < -0.3 is 10.6 Å². The Balaban J connectivity index is 1.59. The van der Waals surface area contributed by atoms with Crippen LogP contribution in [0.5, 0.6) is 0 Å². The highest BCUT2D eigenvalue weighted by atomic mass is 15.1. The lowest BCUT2D eigenvalue weighted by Gasteiger charge is -2.09. The van der Waals surface area contributed by atoms with E-state index in [1.54, 1.807) is 6.33 Å². The average Bonchev–Trinajstić information content (AvgIpc) is 2.59. The Morgan fingerprint density at radius 1 is 0.708 bits per heavy atom. The number of nitrogens with one attached hydrogen (secondary N) is 2. The summed E-state index contributed by atoms with van der Waals surface area (Å²) in [5.41, 5.74) is 4.53. The quantitative estimate of drug-likeness (QED) is 0.727. The zero-order valence-corrected chi connectivity index (χ0v) is 13.8. The van der Waals surface area contributed by atoms with E-state index in [0.29, 0.717) is 13.1 Å². The van der Waals surface area contributed by atoms with Gasteiger partial charge in [-0.2, -0.15) is 0 Å². The van der Waals surface area contributed by atoms with Gasteiger partial charge in [0.05, 0.1) is 0 Å². The van der Waals surface area contributed by atoms with Crippen molar-refractivity contribution >= 4 is 11.6 Å². The van der Waals surface area contributed by atoms with Gasteiger partial charge in [0.1, 0.15) is 18.0 Å². The summed E-state index contributed by atoms with van der Waals surface area (Å²) >= 11 is 0. The van der Waals surface area contributed by atoms with Crippen molar-refractivity contribution in [2.75, 3.05) is 10.6 Å². The summed E-state index contributed by atoms with van der Waals surface area (Å²) in [6.45, 7) is 5.41. The number of nitrogens with zero attached hydrogens (tertiary/aromatic N) is 4. The van der Waals surface area contributed by atoms with E-state index in [2.05, 4.69) is 42.7 Å². The molecule has 0 unspecified atom stereocenters. The monoisotopic (exact) mass is 320 g/mol. The third kappa shape index (κ3) is 4.49. The molecule has 6 heteroatoms. The van der Waals surface area contributed by atoms with Crippen LogP contribution in [-0.4, -0.2) is 19.9 Å². The minimum atomic E-state index is 0.674. The van der Waals surface area contributed by atoms with Crippen LogP contribution in [0.25, 0.3) is 0 Å². The fraction of sp³-hybridized carbons (Fsp3) is 0.222. The highest BCUT2D eigenvalue weighted by Gasteiger charge is 2.01. The Bertz CT molecular complexity index is 753. The van der Waals surface area contributed by atoms with Gasteiger partial charge in [0.25, 0.3) is 0 Å². The van der Waals surface area contributed by atoms with E-state index >= 15 is 0 Å². The summed E-state index contributed by atoms with van der Waals surface area (Å²) in [6.07, 6.45) is 8.94. The van der Waals surface area contributed by atoms with E-state index in [1.807, 2.05) is 44.7 Å². The number of pyridine rings is 2. The van der Waals surface area contributed by atoms with E-state index in [1.165, 1.54) is 0 Å². The van der Waals surface area contributed by atoms with Gasteiger partial charge in [-0.25, -0.2) is 9.97 Å². The van der Waals surface area contributed by atoms with Crippen molar-refractivity contribution in [1.29, 1.82) is 0 Å². The van der Waals surface area contributed by atoms with Crippen molar-refractivity contribution in [1.82, 2.24) is 19.9 Å². The van der Waals surface area contributed by atoms with Crippen LogP contribution in [0, 0.1) is 13.8 Å². The minimum Gasteiger partial charge on any atom is -0.366 e. The molecule has 2 N–H and O–H groups in total. The number of anilines is 2. The first-order valence-electron chi connectivity index (χ1n) is 7.80. The van der Waals surface area contributed by atoms with Crippen molar-refractivity contribution in [2.45, 2.75) is 26.9 Å². The summed E-state index contributed by atoms with van der Waals surface area (Å²) in [5, 5.41) is 6.58. The van der Waals surface area contributed by atoms with Crippen LogP contribution in [0.4, 0.5) is 11.6 Å². The number of rotatable bonds is 6. The fourth-order valence-electron chi connectivity index (χ4n) is 2.36. The first-order valence-corrected chi connectivity index (χ1v) is 7.80. The zero-order chi connectivity index (χ0) is 16.8. The van der Waals surface area contributed by atoms with Crippen molar-refractivity contribution < 1.29 is 0 Å². The van der Waals surface area contributed by atoms with E-state index in [4.69, 9.17) is 0 Å². The predicted octanol–water partition coefficient (Wildman–Crippen LogP) is 3.11. The number of aromatic nitrogens is 4. The van der Waals surface area contributed by atoms with E-state index < -0.39 is 0 Å². The minimum absolute atomic E-state index is 0.674. The Kier molecular flexibility index (Phi) is 4.96. The molecule has 3 aromatic rings. The van der Waals surface area contributed by atoms with Crippen LogP contribution >= 0.6 is 0 Å². The van der Waals surface area contributed by atoms with Crippen LogP contribution in [0.15, 0.2) is 49.3 Å². The van der Waals surface area contributed by atoms with Gasteiger partial charge in [0.15, 0.2) is 0 Å². The second-order valence-electron chi connectivity index (χ2n) is 5.74. The topological polar surface area (TPSA) is 75.6 Å². The van der Waals surface area contributed by atoms with Crippen LogP contribution in [0.2, 0.25) is 0 Å². The maximum Gasteiger partial charge on any atom is 0.131 e. The van der Waals surface area contributed by atoms with Crippen LogP contribution < -0.4 is 10.6 Å². The van der Waals surface area contributed by atoms with Crippen LogP contribution in [0.1, 0.15) is 22.3 Å². The molecule has 0 radical (unpaired) electrons. The van der Waals surface area contributed by atoms with Crippen LogP contribution in [0.3, 0.4) is 0 Å². The molecule has 3 rings (SSSR count). The SMILES string of the molecule is Cc1cncc(CNc2cc(NCc3cncc(C)c3)ncn2)c1. The van der Waals surface area contributed by atoms with Crippen molar-refractivity contribution in [3.8, 4) is 0 Å². The summed E-state index contributed by atoms with van der Waals surface area (Å²) < 4.78 is 0. The van der Waals surface area contributed by atoms with Gasteiger partial charge in [0.2, 0.25) is 0 Å². The lowest BCUT2D eigenvalue weighted by Crippen LogP contribution is -2.06. The smallest absolute Gasteiger partial charge is 0.131 e.